The van der Waals surface area contributed by atoms with Gasteiger partial charge in [-0.25, -0.2) is 4.98 Å². The number of ether oxygens (including phenoxy) is 1. The summed E-state index contributed by atoms with van der Waals surface area (Å²) in [6.45, 7) is 9.91. The van der Waals surface area contributed by atoms with Gasteiger partial charge < -0.3 is 10.1 Å². The molecule has 1 N–H and O–H groups in total. The monoisotopic (exact) mass is 284 g/mol. The third-order valence-corrected chi connectivity index (χ3v) is 3.50. The highest BCUT2D eigenvalue weighted by Gasteiger charge is 2.07. The fourth-order valence-electron chi connectivity index (χ4n) is 2.17. The molecule has 1 aromatic heterocycles. The molecule has 0 saturated heterocycles. The molecule has 0 unspecified atom stereocenters. The summed E-state index contributed by atoms with van der Waals surface area (Å²) < 4.78 is 6.02. The average Bonchev–Trinajstić information content (AvgIpc) is 2.48. The van der Waals surface area contributed by atoms with Crippen molar-refractivity contribution >= 4 is 5.82 Å². The summed E-state index contributed by atoms with van der Waals surface area (Å²) in [5, 5.41) is 3.27. The Labute approximate surface area is 127 Å². The second-order valence-electron chi connectivity index (χ2n) is 5.51. The fourth-order valence-corrected chi connectivity index (χ4v) is 2.17. The van der Waals surface area contributed by atoms with Gasteiger partial charge in [-0.15, -0.1) is 0 Å². The SMILES string of the molecule is CCNc1ncccc1COc1cc(C(C)C)ccc1C. The molecule has 112 valence electrons. The van der Waals surface area contributed by atoms with Crippen molar-refractivity contribution in [3.63, 3.8) is 0 Å². The van der Waals surface area contributed by atoms with Crippen molar-refractivity contribution < 1.29 is 4.74 Å². The van der Waals surface area contributed by atoms with Crippen LogP contribution in [0.15, 0.2) is 36.5 Å². The molecule has 0 bridgehead atoms. The maximum Gasteiger partial charge on any atom is 0.132 e. The van der Waals surface area contributed by atoms with E-state index in [0.717, 1.165) is 29.2 Å². The van der Waals surface area contributed by atoms with E-state index in [1.165, 1.54) is 5.56 Å². The first-order valence-corrected chi connectivity index (χ1v) is 7.53. The first-order valence-electron chi connectivity index (χ1n) is 7.53. The van der Waals surface area contributed by atoms with Crippen LogP contribution < -0.4 is 10.1 Å². The highest BCUT2D eigenvalue weighted by Crippen LogP contribution is 2.25. The number of anilines is 1. The standard InChI is InChI=1S/C18H24N2O/c1-5-19-18-16(7-6-10-20-18)12-21-17-11-15(13(2)3)9-8-14(17)4/h6-11,13H,5,12H2,1-4H3,(H,19,20). The normalized spacial score (nSPS) is 10.7. The summed E-state index contributed by atoms with van der Waals surface area (Å²) in [5.74, 6) is 2.36. The Hall–Kier alpha value is -2.03. The van der Waals surface area contributed by atoms with Gasteiger partial charge in [0.05, 0.1) is 0 Å². The molecule has 1 heterocycles. The number of pyridine rings is 1. The fraction of sp³-hybridized carbons (Fsp3) is 0.389. The molecule has 3 heteroatoms. The molecule has 0 spiro atoms. The van der Waals surface area contributed by atoms with Crippen LogP contribution in [0.5, 0.6) is 5.75 Å². The summed E-state index contributed by atoms with van der Waals surface area (Å²) >= 11 is 0. The smallest absolute Gasteiger partial charge is 0.132 e. The van der Waals surface area contributed by atoms with E-state index >= 15 is 0 Å². The zero-order valence-electron chi connectivity index (χ0n) is 13.3. The minimum atomic E-state index is 0.503. The Morgan fingerprint density at radius 1 is 1.24 bits per heavy atom. The topological polar surface area (TPSA) is 34.2 Å². The molecule has 0 aliphatic rings. The molecule has 0 fully saturated rings. The van der Waals surface area contributed by atoms with Gasteiger partial charge in [-0.3, -0.25) is 0 Å². The lowest BCUT2D eigenvalue weighted by atomic mass is 10.0. The van der Waals surface area contributed by atoms with E-state index in [1.807, 2.05) is 12.1 Å². The minimum absolute atomic E-state index is 0.503. The van der Waals surface area contributed by atoms with E-state index in [0.29, 0.717) is 12.5 Å². The van der Waals surface area contributed by atoms with Crippen molar-refractivity contribution in [3.8, 4) is 5.75 Å². The van der Waals surface area contributed by atoms with Gasteiger partial charge in [-0.1, -0.05) is 32.0 Å². The quantitative estimate of drug-likeness (QED) is 0.846. The Bertz CT molecular complexity index is 594. The summed E-state index contributed by atoms with van der Waals surface area (Å²) in [7, 11) is 0. The van der Waals surface area contributed by atoms with E-state index in [9.17, 15) is 0 Å². The van der Waals surface area contributed by atoms with Gasteiger partial charge in [-0.05, 0) is 43.0 Å². The van der Waals surface area contributed by atoms with Crippen molar-refractivity contribution in [3.05, 3.63) is 53.2 Å². The van der Waals surface area contributed by atoms with E-state index in [4.69, 9.17) is 4.74 Å². The number of hydrogen-bond acceptors (Lipinski definition) is 3. The van der Waals surface area contributed by atoms with Crippen LogP contribution in [0.3, 0.4) is 0 Å². The average molecular weight is 284 g/mol. The third kappa shape index (κ3) is 3.97. The molecule has 0 radical (unpaired) electrons. The molecule has 2 rings (SSSR count). The predicted octanol–water partition coefficient (Wildman–Crippen LogP) is 4.52. The van der Waals surface area contributed by atoms with Gasteiger partial charge in [0.15, 0.2) is 0 Å². The van der Waals surface area contributed by atoms with Crippen LogP contribution in [-0.2, 0) is 6.61 Å². The summed E-state index contributed by atoms with van der Waals surface area (Å²) in [5.41, 5.74) is 3.54. The molecule has 2 aromatic rings. The van der Waals surface area contributed by atoms with Gasteiger partial charge >= 0.3 is 0 Å². The lowest BCUT2D eigenvalue weighted by molar-refractivity contribution is 0.304. The van der Waals surface area contributed by atoms with Crippen LogP contribution >= 0.6 is 0 Å². The van der Waals surface area contributed by atoms with Gasteiger partial charge in [0.2, 0.25) is 0 Å². The maximum absolute atomic E-state index is 6.02. The second kappa shape index (κ2) is 7.11. The van der Waals surface area contributed by atoms with Crippen molar-refractivity contribution in [2.75, 3.05) is 11.9 Å². The summed E-state index contributed by atoms with van der Waals surface area (Å²) in [4.78, 5) is 4.36. The molecule has 0 aliphatic heterocycles. The van der Waals surface area contributed by atoms with Gasteiger partial charge in [0, 0.05) is 18.3 Å². The van der Waals surface area contributed by atoms with Gasteiger partial charge in [0.25, 0.3) is 0 Å². The Kier molecular flexibility index (Phi) is 5.20. The molecule has 21 heavy (non-hydrogen) atoms. The van der Waals surface area contributed by atoms with Crippen molar-refractivity contribution in [2.45, 2.75) is 40.2 Å². The molecule has 1 aromatic carbocycles. The predicted molar refractivity (Wildman–Crippen MR) is 88.0 cm³/mol. The first kappa shape index (κ1) is 15.4. The minimum Gasteiger partial charge on any atom is -0.488 e. The van der Waals surface area contributed by atoms with E-state index in [1.54, 1.807) is 6.20 Å². The van der Waals surface area contributed by atoms with Crippen LogP contribution in [0.1, 0.15) is 43.4 Å². The Morgan fingerprint density at radius 3 is 2.76 bits per heavy atom. The molecule has 0 aliphatic carbocycles. The van der Waals surface area contributed by atoms with Crippen molar-refractivity contribution in [1.82, 2.24) is 4.98 Å². The Morgan fingerprint density at radius 2 is 2.05 bits per heavy atom. The number of benzene rings is 1. The maximum atomic E-state index is 6.02. The zero-order valence-corrected chi connectivity index (χ0v) is 13.3. The molecular formula is C18H24N2O. The molecule has 0 atom stereocenters. The zero-order chi connectivity index (χ0) is 15.2. The van der Waals surface area contributed by atoms with Crippen LogP contribution in [0.4, 0.5) is 5.82 Å². The second-order valence-corrected chi connectivity index (χ2v) is 5.51. The number of hydrogen-bond donors (Lipinski definition) is 1. The molecule has 0 saturated carbocycles. The van der Waals surface area contributed by atoms with Gasteiger partial charge in [-0.2, -0.15) is 0 Å². The lowest BCUT2D eigenvalue weighted by Crippen LogP contribution is -2.06. The van der Waals surface area contributed by atoms with Crippen molar-refractivity contribution in [2.24, 2.45) is 0 Å². The summed E-state index contributed by atoms with van der Waals surface area (Å²) in [6, 6.07) is 10.4. The number of rotatable bonds is 6. The Balaban J connectivity index is 2.14. The number of aryl methyl sites for hydroxylation is 1. The number of nitrogens with zero attached hydrogens (tertiary/aromatic N) is 1. The highest BCUT2D eigenvalue weighted by molar-refractivity contribution is 5.44. The number of nitrogens with one attached hydrogen (secondary N) is 1. The van der Waals surface area contributed by atoms with Crippen LogP contribution in [0.25, 0.3) is 0 Å². The van der Waals surface area contributed by atoms with E-state index in [-0.39, 0.29) is 0 Å². The molecular weight excluding hydrogens is 260 g/mol. The third-order valence-electron chi connectivity index (χ3n) is 3.50. The highest BCUT2D eigenvalue weighted by atomic mass is 16.5. The molecule has 3 nitrogen and oxygen atoms in total. The van der Waals surface area contributed by atoms with Crippen LogP contribution in [-0.4, -0.2) is 11.5 Å². The van der Waals surface area contributed by atoms with Crippen molar-refractivity contribution in [1.29, 1.82) is 0 Å². The summed E-state index contributed by atoms with van der Waals surface area (Å²) in [6.07, 6.45) is 1.80. The van der Waals surface area contributed by atoms with Gasteiger partial charge in [0.1, 0.15) is 18.2 Å². The van der Waals surface area contributed by atoms with Crippen LogP contribution in [0, 0.1) is 6.92 Å². The largest absolute Gasteiger partial charge is 0.488 e. The van der Waals surface area contributed by atoms with Crippen LogP contribution in [0.2, 0.25) is 0 Å². The lowest BCUT2D eigenvalue weighted by Gasteiger charge is -2.14. The first-order chi connectivity index (χ1) is 10.1. The molecule has 0 amide bonds. The number of aromatic nitrogens is 1. The van der Waals surface area contributed by atoms with E-state index < -0.39 is 0 Å². The van der Waals surface area contributed by atoms with E-state index in [2.05, 4.69) is 56.2 Å².